The van der Waals surface area contributed by atoms with Gasteiger partial charge in [-0.15, -0.1) is 11.3 Å². The van der Waals surface area contributed by atoms with Crippen molar-refractivity contribution in [2.24, 2.45) is 0 Å². The molecule has 0 atom stereocenters. The molecule has 1 fully saturated rings. The molecular weight excluding hydrogens is 629 g/mol. The summed E-state index contributed by atoms with van der Waals surface area (Å²) in [6.45, 7) is 0. The third-order valence-electron chi connectivity index (χ3n) is 11.3. The number of benzene rings is 6. The summed E-state index contributed by atoms with van der Waals surface area (Å²) in [6.07, 6.45) is 6.37. The number of furan rings is 1. The van der Waals surface area contributed by atoms with E-state index in [1.807, 2.05) is 6.07 Å². The first-order valence-electron chi connectivity index (χ1n) is 17.7. The number of hydrogen-bond donors (Lipinski definition) is 0. The Hall–Kier alpha value is -5.58. The lowest BCUT2D eigenvalue weighted by molar-refractivity contribution is 0.353. The average Bonchev–Trinajstić information content (AvgIpc) is 3.83. The second kappa shape index (κ2) is 10.7. The van der Waals surface area contributed by atoms with Gasteiger partial charge in [0.1, 0.15) is 11.2 Å². The van der Waals surface area contributed by atoms with Crippen LogP contribution in [-0.4, -0.2) is 9.97 Å². The molecule has 4 heteroatoms. The lowest BCUT2D eigenvalue weighted by Gasteiger charge is -2.36. The Morgan fingerprint density at radius 1 is 0.560 bits per heavy atom. The molecule has 6 aromatic carbocycles. The van der Waals surface area contributed by atoms with E-state index in [9.17, 15) is 0 Å². The largest absolute Gasteiger partial charge is 0.455 e. The standard InChI is InChI=1S/C46H32N2OS/c1-3-13-28(14-4-1)41-44-42(34-16-6-8-22-39(34)50-44)48-45(47-41)35-19-11-18-32-31-24-23-29(27-38(31)49-43(32)35)30-17-12-21-37-40(30)33-15-5-7-20-36(33)46(37)25-9-2-10-26-46/h1,3-8,11-24,27H,2,9-10,25-26H2. The number of hydrogen-bond acceptors (Lipinski definition) is 4. The summed E-state index contributed by atoms with van der Waals surface area (Å²) in [5.41, 5.74) is 14.1. The van der Waals surface area contributed by atoms with Crippen LogP contribution >= 0.6 is 11.3 Å². The molecule has 0 amide bonds. The summed E-state index contributed by atoms with van der Waals surface area (Å²) < 4.78 is 9.17. The van der Waals surface area contributed by atoms with E-state index in [4.69, 9.17) is 14.4 Å². The van der Waals surface area contributed by atoms with Gasteiger partial charge in [-0.1, -0.05) is 128 Å². The molecule has 3 heterocycles. The normalized spacial score (nSPS) is 15.0. The number of rotatable bonds is 3. The van der Waals surface area contributed by atoms with Crippen molar-refractivity contribution in [1.29, 1.82) is 0 Å². The van der Waals surface area contributed by atoms with E-state index in [0.717, 1.165) is 54.4 Å². The van der Waals surface area contributed by atoms with E-state index in [1.54, 1.807) is 11.3 Å². The molecule has 11 rings (SSSR count). The van der Waals surface area contributed by atoms with Crippen molar-refractivity contribution in [3.05, 3.63) is 145 Å². The van der Waals surface area contributed by atoms with E-state index in [2.05, 4.69) is 127 Å². The third kappa shape index (κ3) is 3.97. The van der Waals surface area contributed by atoms with Crippen LogP contribution in [0.25, 0.3) is 87.1 Å². The minimum Gasteiger partial charge on any atom is -0.455 e. The maximum atomic E-state index is 6.85. The zero-order chi connectivity index (χ0) is 32.8. The van der Waals surface area contributed by atoms with Gasteiger partial charge in [0, 0.05) is 31.8 Å². The van der Waals surface area contributed by atoms with Crippen LogP contribution in [0.2, 0.25) is 0 Å². The lowest BCUT2D eigenvalue weighted by Crippen LogP contribution is -2.27. The van der Waals surface area contributed by atoms with Gasteiger partial charge < -0.3 is 4.42 Å². The number of para-hydroxylation sites is 1. The van der Waals surface area contributed by atoms with Gasteiger partial charge >= 0.3 is 0 Å². The smallest absolute Gasteiger partial charge is 0.164 e. The molecule has 1 saturated carbocycles. The monoisotopic (exact) mass is 660 g/mol. The molecule has 0 radical (unpaired) electrons. The van der Waals surface area contributed by atoms with Crippen LogP contribution in [0.1, 0.15) is 43.2 Å². The summed E-state index contributed by atoms with van der Waals surface area (Å²) in [4.78, 5) is 10.5. The van der Waals surface area contributed by atoms with E-state index in [1.165, 1.54) is 70.2 Å². The summed E-state index contributed by atoms with van der Waals surface area (Å²) in [6, 6.07) is 48.2. The maximum Gasteiger partial charge on any atom is 0.164 e. The molecule has 2 aliphatic rings. The molecule has 238 valence electrons. The first kappa shape index (κ1) is 28.3. The van der Waals surface area contributed by atoms with Gasteiger partial charge in [0.25, 0.3) is 0 Å². The molecule has 50 heavy (non-hydrogen) atoms. The highest BCUT2D eigenvalue weighted by molar-refractivity contribution is 7.26. The first-order chi connectivity index (χ1) is 24.8. The van der Waals surface area contributed by atoms with Crippen LogP contribution < -0.4 is 0 Å². The van der Waals surface area contributed by atoms with Crippen molar-refractivity contribution < 1.29 is 4.42 Å². The SMILES string of the molecule is c1ccc(-c2nc(-c3cccc4c3oc3cc(-c5cccc6c5-c5ccccc5C65CCCCC5)ccc34)nc3c2sc2ccccc23)cc1. The zero-order valence-corrected chi connectivity index (χ0v) is 28.3. The van der Waals surface area contributed by atoms with Crippen LogP contribution in [0.4, 0.5) is 0 Å². The second-order valence-corrected chi connectivity index (χ2v) is 15.0. The molecule has 9 aromatic rings. The number of thiophene rings is 1. The van der Waals surface area contributed by atoms with Crippen LogP contribution in [0.15, 0.2) is 138 Å². The van der Waals surface area contributed by atoms with Gasteiger partial charge in [-0.05, 0) is 70.5 Å². The van der Waals surface area contributed by atoms with Crippen LogP contribution in [0.5, 0.6) is 0 Å². The summed E-state index contributed by atoms with van der Waals surface area (Å²) in [7, 11) is 0. The molecule has 0 N–H and O–H groups in total. The third-order valence-corrected chi connectivity index (χ3v) is 12.5. The van der Waals surface area contributed by atoms with Crippen molar-refractivity contribution in [2.45, 2.75) is 37.5 Å². The Morgan fingerprint density at radius 2 is 1.30 bits per heavy atom. The Kier molecular flexibility index (Phi) is 6.06. The Labute approximate surface area is 293 Å². The molecule has 3 aromatic heterocycles. The molecule has 0 aliphatic heterocycles. The Morgan fingerprint density at radius 3 is 2.22 bits per heavy atom. The minimum absolute atomic E-state index is 0.131. The number of nitrogens with zero attached hydrogens (tertiary/aromatic N) is 2. The molecule has 0 unspecified atom stereocenters. The number of fused-ring (bicyclic) bond motifs is 11. The highest BCUT2D eigenvalue weighted by atomic mass is 32.1. The van der Waals surface area contributed by atoms with Crippen molar-refractivity contribution in [3.63, 3.8) is 0 Å². The van der Waals surface area contributed by atoms with E-state index >= 15 is 0 Å². The predicted molar refractivity (Wildman–Crippen MR) is 208 cm³/mol. The Bertz CT molecular complexity index is 2800. The summed E-state index contributed by atoms with van der Waals surface area (Å²) in [5.74, 6) is 0.681. The van der Waals surface area contributed by atoms with Crippen LogP contribution in [-0.2, 0) is 5.41 Å². The minimum atomic E-state index is 0.131. The topological polar surface area (TPSA) is 38.9 Å². The highest BCUT2D eigenvalue weighted by Crippen LogP contribution is 2.58. The fourth-order valence-electron chi connectivity index (χ4n) is 9.08. The van der Waals surface area contributed by atoms with Crippen molar-refractivity contribution in [2.75, 3.05) is 0 Å². The molecule has 3 nitrogen and oxygen atoms in total. The predicted octanol–water partition coefficient (Wildman–Crippen LogP) is 13.0. The highest BCUT2D eigenvalue weighted by Gasteiger charge is 2.44. The molecule has 0 saturated heterocycles. The van der Waals surface area contributed by atoms with Gasteiger partial charge in [0.2, 0.25) is 0 Å². The first-order valence-corrected chi connectivity index (χ1v) is 18.5. The van der Waals surface area contributed by atoms with Gasteiger partial charge in [-0.25, -0.2) is 9.97 Å². The van der Waals surface area contributed by atoms with E-state index in [0.29, 0.717) is 5.82 Å². The average molecular weight is 661 g/mol. The van der Waals surface area contributed by atoms with Gasteiger partial charge in [0.15, 0.2) is 5.82 Å². The summed E-state index contributed by atoms with van der Waals surface area (Å²) >= 11 is 1.76. The van der Waals surface area contributed by atoms with Crippen LogP contribution in [0.3, 0.4) is 0 Å². The fraction of sp³-hybridized carbons (Fsp3) is 0.130. The Balaban J connectivity index is 1.10. The second-order valence-electron chi connectivity index (χ2n) is 13.9. The van der Waals surface area contributed by atoms with Crippen molar-refractivity contribution >= 4 is 53.6 Å². The van der Waals surface area contributed by atoms with Crippen LogP contribution in [0, 0.1) is 0 Å². The quantitative estimate of drug-likeness (QED) is 0.189. The maximum absolute atomic E-state index is 6.85. The number of aromatic nitrogens is 2. The zero-order valence-electron chi connectivity index (χ0n) is 27.4. The molecule has 2 aliphatic carbocycles. The van der Waals surface area contributed by atoms with Crippen molar-refractivity contribution in [3.8, 4) is 44.9 Å². The van der Waals surface area contributed by atoms with Gasteiger partial charge in [-0.3, -0.25) is 0 Å². The fourth-order valence-corrected chi connectivity index (χ4v) is 10.2. The molecular formula is C46H32N2OS. The van der Waals surface area contributed by atoms with Crippen molar-refractivity contribution in [1.82, 2.24) is 9.97 Å². The van der Waals surface area contributed by atoms with E-state index in [-0.39, 0.29) is 5.41 Å². The molecule has 1 spiro atoms. The van der Waals surface area contributed by atoms with E-state index < -0.39 is 0 Å². The van der Waals surface area contributed by atoms with Gasteiger partial charge in [0.05, 0.1) is 21.5 Å². The summed E-state index contributed by atoms with van der Waals surface area (Å²) in [5, 5.41) is 3.34. The lowest BCUT2D eigenvalue weighted by atomic mass is 9.68. The van der Waals surface area contributed by atoms with Gasteiger partial charge in [-0.2, -0.15) is 0 Å². The molecule has 0 bridgehead atoms.